The van der Waals surface area contributed by atoms with Crippen LogP contribution in [-0.2, 0) is 32.1 Å². The second kappa shape index (κ2) is 10.8. The number of nitrogens with one attached hydrogen (secondary N) is 1. The number of sulfonamides is 2. The molecule has 3 aromatic carbocycles. The van der Waals surface area contributed by atoms with E-state index >= 15 is 0 Å². The molecule has 0 saturated heterocycles. The van der Waals surface area contributed by atoms with Gasteiger partial charge in [0.25, 0.3) is 15.6 Å². The van der Waals surface area contributed by atoms with Crippen LogP contribution in [0.25, 0.3) is 0 Å². The molecule has 228 valence electrons. The van der Waals surface area contributed by atoms with Gasteiger partial charge in [0.05, 0.1) is 21.5 Å². The number of alkyl halides is 6. The van der Waals surface area contributed by atoms with Gasteiger partial charge in [0.1, 0.15) is 5.82 Å². The fraction of sp³-hybridized carbons (Fsp3) is 0.308. The monoisotopic (exact) mass is 640 g/mol. The molecule has 4 rings (SSSR count). The van der Waals surface area contributed by atoms with Crippen molar-refractivity contribution in [3.05, 3.63) is 89.2 Å². The second-order valence-corrected chi connectivity index (χ2v) is 13.2. The first-order valence-corrected chi connectivity index (χ1v) is 15.1. The van der Waals surface area contributed by atoms with Gasteiger partial charge >= 0.3 is 12.4 Å². The summed E-state index contributed by atoms with van der Waals surface area (Å²) in [7, 11) is -8.82. The largest absolute Gasteiger partial charge is 0.430 e. The first-order chi connectivity index (χ1) is 19.3. The first-order valence-electron chi connectivity index (χ1n) is 12.1. The van der Waals surface area contributed by atoms with Crippen LogP contribution in [0.1, 0.15) is 23.1 Å². The number of nitrogens with zero attached hydrogens (tertiary/aromatic N) is 1. The molecule has 1 aliphatic rings. The van der Waals surface area contributed by atoms with E-state index in [1.807, 2.05) is 0 Å². The Hall–Kier alpha value is -3.21. The number of hydrogen-bond acceptors (Lipinski definition) is 5. The maximum Gasteiger partial charge on any atom is 0.430 e. The molecule has 42 heavy (non-hydrogen) atoms. The number of hydrogen-bond donors (Lipinski definition) is 2. The molecule has 0 radical (unpaired) electrons. The van der Waals surface area contributed by atoms with Gasteiger partial charge in [-0.1, -0.05) is 29.8 Å². The quantitative estimate of drug-likeness (QED) is 0.357. The van der Waals surface area contributed by atoms with E-state index in [1.165, 1.54) is 24.3 Å². The number of anilines is 1. The van der Waals surface area contributed by atoms with Crippen LogP contribution in [0.2, 0.25) is 0 Å². The van der Waals surface area contributed by atoms with Crippen LogP contribution in [0.15, 0.2) is 76.5 Å². The Kier molecular flexibility index (Phi) is 8.16. The molecule has 1 unspecified atom stereocenters. The number of rotatable bonds is 7. The van der Waals surface area contributed by atoms with Gasteiger partial charge in [0.2, 0.25) is 10.0 Å². The molecule has 0 aromatic heterocycles. The summed E-state index contributed by atoms with van der Waals surface area (Å²) in [6.07, 6.45) is -12.8. The Bertz CT molecular complexity index is 1660. The molecular formula is C26H23F7N2O5S2. The van der Waals surface area contributed by atoms with E-state index in [0.717, 1.165) is 34.6 Å². The maximum absolute atomic E-state index is 13.8. The minimum atomic E-state index is -6.15. The summed E-state index contributed by atoms with van der Waals surface area (Å²) in [5.74, 6) is -0.699. The van der Waals surface area contributed by atoms with Crippen molar-refractivity contribution in [2.75, 3.05) is 10.8 Å². The van der Waals surface area contributed by atoms with Crippen molar-refractivity contribution < 1.29 is 52.7 Å². The summed E-state index contributed by atoms with van der Waals surface area (Å²) < 4.78 is 151. The van der Waals surface area contributed by atoms with Crippen molar-refractivity contribution in [2.45, 2.75) is 53.6 Å². The van der Waals surface area contributed by atoms with Gasteiger partial charge in [-0.2, -0.15) is 26.3 Å². The van der Waals surface area contributed by atoms with Gasteiger partial charge in [-0.05, 0) is 67.8 Å². The minimum Gasteiger partial charge on any atom is -0.369 e. The van der Waals surface area contributed by atoms with Crippen molar-refractivity contribution in [1.82, 2.24) is 4.72 Å². The lowest BCUT2D eigenvalue weighted by atomic mass is 9.88. The predicted molar refractivity (Wildman–Crippen MR) is 137 cm³/mol. The van der Waals surface area contributed by atoms with E-state index in [9.17, 15) is 52.7 Å². The number of halogens is 7. The second-order valence-electron chi connectivity index (χ2n) is 9.66. The molecule has 0 aliphatic carbocycles. The van der Waals surface area contributed by atoms with Gasteiger partial charge in [-0.15, -0.1) is 0 Å². The Morgan fingerprint density at radius 1 is 0.857 bits per heavy atom. The predicted octanol–water partition coefficient (Wildman–Crippen LogP) is 4.93. The third-order valence-corrected chi connectivity index (χ3v) is 10.2. The smallest absolute Gasteiger partial charge is 0.369 e. The molecule has 1 heterocycles. The first kappa shape index (κ1) is 31.7. The lowest BCUT2D eigenvalue weighted by Gasteiger charge is -2.39. The van der Waals surface area contributed by atoms with E-state index in [4.69, 9.17) is 0 Å². The van der Waals surface area contributed by atoms with Gasteiger partial charge in [-0.25, -0.2) is 25.9 Å². The molecule has 0 fully saturated rings. The minimum absolute atomic E-state index is 0.218. The van der Waals surface area contributed by atoms with Crippen LogP contribution in [0.5, 0.6) is 0 Å². The van der Waals surface area contributed by atoms with Crippen molar-refractivity contribution >= 4 is 25.7 Å². The Balaban J connectivity index is 1.80. The van der Waals surface area contributed by atoms with Gasteiger partial charge in [0, 0.05) is 12.1 Å². The molecule has 1 aliphatic heterocycles. The van der Waals surface area contributed by atoms with Crippen LogP contribution in [0.3, 0.4) is 0 Å². The van der Waals surface area contributed by atoms with Crippen molar-refractivity contribution in [3.63, 3.8) is 0 Å². The van der Waals surface area contributed by atoms with Crippen LogP contribution >= 0.6 is 0 Å². The molecule has 0 spiro atoms. The molecule has 2 N–H and O–H groups in total. The van der Waals surface area contributed by atoms with E-state index in [0.29, 0.717) is 17.7 Å². The third kappa shape index (κ3) is 5.72. The van der Waals surface area contributed by atoms with Crippen LogP contribution in [0.4, 0.5) is 36.4 Å². The van der Waals surface area contributed by atoms with Crippen molar-refractivity contribution in [2.24, 2.45) is 0 Å². The van der Waals surface area contributed by atoms with Crippen LogP contribution < -0.4 is 9.03 Å². The zero-order valence-corrected chi connectivity index (χ0v) is 23.2. The summed E-state index contributed by atoms with van der Waals surface area (Å²) in [5.41, 5.74) is -6.61. The molecule has 1 atom stereocenters. The topological polar surface area (TPSA) is 104 Å². The standard InChI is InChI=1S/C26H23F7N2O5S2/c1-16-2-9-22(10-3-16)42(39,40)35-20(15-34-41(37,38)21-11-6-19(27)7-12-21)8-4-17-14-18(5-13-23(17)35)24(36,25(28,29)30)26(31,32)33/h2-3,5-7,9-14,20,34,36H,4,8,15H2,1H3. The van der Waals surface area contributed by atoms with Crippen molar-refractivity contribution in [3.8, 4) is 0 Å². The Morgan fingerprint density at radius 3 is 1.95 bits per heavy atom. The fourth-order valence-corrected chi connectivity index (χ4v) is 7.38. The van der Waals surface area contributed by atoms with Gasteiger partial charge in [-0.3, -0.25) is 4.31 Å². The molecule has 16 heteroatoms. The van der Waals surface area contributed by atoms with E-state index in [1.54, 1.807) is 6.92 Å². The molecule has 0 saturated carbocycles. The lowest BCUT2D eigenvalue weighted by molar-refractivity contribution is -0.376. The lowest BCUT2D eigenvalue weighted by Crippen LogP contribution is -2.54. The summed E-state index contributed by atoms with van der Waals surface area (Å²) in [5, 5.41) is 9.86. The molecule has 7 nitrogen and oxygen atoms in total. The van der Waals surface area contributed by atoms with E-state index < -0.39 is 62.0 Å². The molecule has 0 amide bonds. The summed E-state index contributed by atoms with van der Waals surface area (Å²) >= 11 is 0. The van der Waals surface area contributed by atoms with Crippen LogP contribution in [0, 0.1) is 12.7 Å². The average molecular weight is 641 g/mol. The number of benzene rings is 3. The molecule has 3 aromatic rings. The maximum atomic E-state index is 13.8. The highest BCUT2D eigenvalue weighted by Crippen LogP contribution is 2.51. The number of aliphatic hydroxyl groups is 1. The molecular weight excluding hydrogens is 617 g/mol. The summed E-state index contributed by atoms with van der Waals surface area (Å²) in [4.78, 5) is -0.588. The van der Waals surface area contributed by atoms with E-state index in [2.05, 4.69) is 4.72 Å². The Morgan fingerprint density at radius 2 is 1.40 bits per heavy atom. The number of aryl methyl sites for hydroxylation is 2. The highest BCUT2D eigenvalue weighted by Gasteiger charge is 2.71. The Labute approximate surface area is 236 Å². The van der Waals surface area contributed by atoms with Crippen LogP contribution in [-0.4, -0.2) is 46.9 Å². The van der Waals surface area contributed by atoms with Crippen molar-refractivity contribution in [1.29, 1.82) is 0 Å². The zero-order valence-electron chi connectivity index (χ0n) is 21.5. The highest BCUT2D eigenvalue weighted by atomic mass is 32.2. The van der Waals surface area contributed by atoms with Gasteiger partial charge in [0.15, 0.2) is 0 Å². The summed E-state index contributed by atoms with van der Waals surface area (Å²) in [6, 6.07) is 9.55. The fourth-order valence-electron chi connectivity index (χ4n) is 4.59. The number of fused-ring (bicyclic) bond motifs is 1. The third-order valence-electron chi connectivity index (χ3n) is 6.84. The zero-order chi connectivity index (χ0) is 31.3. The highest BCUT2D eigenvalue weighted by molar-refractivity contribution is 7.93. The van der Waals surface area contributed by atoms with Gasteiger partial charge < -0.3 is 5.11 Å². The average Bonchev–Trinajstić information content (AvgIpc) is 2.90. The SMILES string of the molecule is Cc1ccc(S(=O)(=O)N2c3ccc(C(O)(C(F)(F)F)C(F)(F)F)cc3CCC2CNS(=O)(=O)c2ccc(F)cc2)cc1. The normalized spacial score (nSPS) is 16.8. The summed E-state index contributed by atoms with van der Waals surface area (Å²) in [6.45, 7) is 1.14. The van der Waals surface area contributed by atoms with E-state index in [-0.39, 0.29) is 33.9 Å². The molecule has 0 bridgehead atoms.